The molecule has 6 N–H and O–H groups in total. The molecule has 2 aromatic carbocycles. The van der Waals surface area contributed by atoms with Gasteiger partial charge < -0.3 is 68.5 Å². The van der Waals surface area contributed by atoms with Gasteiger partial charge in [-0.1, -0.05) is 12.1 Å². The van der Waals surface area contributed by atoms with E-state index in [4.69, 9.17) is 37.9 Å². The van der Waals surface area contributed by atoms with Crippen molar-refractivity contribution in [2.24, 2.45) is 0 Å². The minimum absolute atomic E-state index is 0.0981. The molecule has 2 aliphatic rings. The molecule has 15 nitrogen and oxygen atoms in total. The van der Waals surface area contributed by atoms with E-state index in [1.54, 1.807) is 36.4 Å². The third-order valence-electron chi connectivity index (χ3n) is 7.34. The van der Waals surface area contributed by atoms with Crippen molar-refractivity contribution in [3.8, 4) is 23.0 Å². The molecule has 15 heteroatoms. The quantitative estimate of drug-likeness (QED) is 0.116. The number of ether oxygens (including phenoxy) is 8. The lowest BCUT2D eigenvalue weighted by Crippen LogP contribution is -2.60. The Morgan fingerprint density at radius 2 is 1.60 bits per heavy atom. The molecule has 0 radical (unpaired) electrons. The van der Waals surface area contributed by atoms with Crippen LogP contribution in [0, 0.1) is 0 Å². The number of aliphatic hydroxyl groups excluding tert-OH is 5. The molecule has 0 amide bonds. The SMILES string of the molecule is COc1ccc(/C=C\C(=O)OCc2ccc(O[C@@H]3O[C@H](CO[C@@H]4OC[C@](O)(CO)[C@H]4O)[C@@H](O)[C@H](O)[C@H]3O)c(OC)c2)cc1OC. The highest BCUT2D eigenvalue weighted by Crippen LogP contribution is 2.33. The molecule has 0 bridgehead atoms. The lowest BCUT2D eigenvalue weighted by atomic mass is 9.99. The Hall–Kier alpha value is -3.51. The molecular formula is C30H38O15. The minimum atomic E-state index is -1.91. The number of carbonyl (C=O) groups is 1. The number of benzene rings is 2. The first-order valence-electron chi connectivity index (χ1n) is 13.9. The van der Waals surface area contributed by atoms with Crippen molar-refractivity contribution in [1.82, 2.24) is 0 Å². The number of rotatable bonds is 13. The van der Waals surface area contributed by atoms with Gasteiger partial charge in [-0.2, -0.15) is 0 Å². The molecule has 248 valence electrons. The zero-order chi connectivity index (χ0) is 32.7. The van der Waals surface area contributed by atoms with E-state index < -0.39 is 67.9 Å². The summed E-state index contributed by atoms with van der Waals surface area (Å²) in [6, 6.07) is 9.79. The molecule has 0 spiro atoms. The summed E-state index contributed by atoms with van der Waals surface area (Å²) in [5.74, 6) is 0.773. The van der Waals surface area contributed by atoms with Crippen molar-refractivity contribution in [1.29, 1.82) is 0 Å². The Morgan fingerprint density at radius 1 is 0.911 bits per heavy atom. The second-order valence-electron chi connectivity index (χ2n) is 10.4. The fraction of sp³-hybridized carbons (Fsp3) is 0.500. The summed E-state index contributed by atoms with van der Waals surface area (Å²) in [5.41, 5.74) is -0.664. The number of hydrogen-bond acceptors (Lipinski definition) is 15. The van der Waals surface area contributed by atoms with Gasteiger partial charge in [-0.15, -0.1) is 0 Å². The minimum Gasteiger partial charge on any atom is -0.493 e. The van der Waals surface area contributed by atoms with Crippen molar-refractivity contribution < 1.29 is 73.3 Å². The largest absolute Gasteiger partial charge is 0.493 e. The Kier molecular flexibility index (Phi) is 11.6. The van der Waals surface area contributed by atoms with Crippen LogP contribution >= 0.6 is 0 Å². The van der Waals surface area contributed by atoms with Crippen LogP contribution in [0.15, 0.2) is 42.5 Å². The first-order valence-corrected chi connectivity index (χ1v) is 13.9. The van der Waals surface area contributed by atoms with Crippen molar-refractivity contribution in [2.45, 2.75) is 55.3 Å². The molecule has 2 aromatic rings. The van der Waals surface area contributed by atoms with Gasteiger partial charge in [-0.3, -0.25) is 0 Å². The van der Waals surface area contributed by atoms with E-state index in [0.29, 0.717) is 22.6 Å². The fourth-order valence-electron chi connectivity index (χ4n) is 4.62. The second-order valence-corrected chi connectivity index (χ2v) is 10.4. The third-order valence-corrected chi connectivity index (χ3v) is 7.34. The molecule has 0 aliphatic carbocycles. The summed E-state index contributed by atoms with van der Waals surface area (Å²) in [6.07, 6.45) is -7.79. The average molecular weight is 639 g/mol. The molecule has 2 fully saturated rings. The molecule has 0 saturated carbocycles. The lowest BCUT2D eigenvalue weighted by molar-refractivity contribution is -0.289. The monoisotopic (exact) mass is 638 g/mol. The van der Waals surface area contributed by atoms with Gasteiger partial charge in [0.25, 0.3) is 0 Å². The molecule has 45 heavy (non-hydrogen) atoms. The van der Waals surface area contributed by atoms with Gasteiger partial charge in [0.05, 0.1) is 41.2 Å². The molecular weight excluding hydrogens is 600 g/mol. The highest BCUT2D eigenvalue weighted by molar-refractivity contribution is 5.87. The van der Waals surface area contributed by atoms with Crippen LogP contribution in [0.25, 0.3) is 6.08 Å². The van der Waals surface area contributed by atoms with Crippen LogP contribution in [0.3, 0.4) is 0 Å². The number of hydrogen-bond donors (Lipinski definition) is 6. The van der Waals surface area contributed by atoms with E-state index in [9.17, 15) is 35.4 Å². The molecule has 0 aromatic heterocycles. The van der Waals surface area contributed by atoms with Crippen LogP contribution in [0.4, 0.5) is 0 Å². The zero-order valence-corrected chi connectivity index (χ0v) is 24.8. The van der Waals surface area contributed by atoms with Gasteiger partial charge in [0.15, 0.2) is 29.3 Å². The number of esters is 1. The van der Waals surface area contributed by atoms with E-state index in [-0.39, 0.29) is 24.7 Å². The van der Waals surface area contributed by atoms with Gasteiger partial charge in [-0.25, -0.2) is 4.79 Å². The van der Waals surface area contributed by atoms with Crippen LogP contribution in [-0.2, 0) is 30.3 Å². The molecule has 2 saturated heterocycles. The standard InChI is InChI=1S/C30H38O15/c1-38-18-7-4-16(10-20(18)39-2)6-9-23(32)41-12-17-5-8-19(21(11-17)40-3)44-28-26(35)25(34)24(33)22(45-28)13-42-29-27(36)30(37,14-31)15-43-29/h4-11,22,24-29,31,33-37H,12-15H2,1-3H3/b9-6-/t22-,24-,25+,26-,27+,28-,29-,30-/m1/s1. The predicted molar refractivity (Wildman–Crippen MR) is 152 cm³/mol. The predicted octanol–water partition coefficient (Wildman–Crippen LogP) is -0.887. The first-order chi connectivity index (χ1) is 21.5. The Balaban J connectivity index is 1.34. The van der Waals surface area contributed by atoms with Crippen molar-refractivity contribution in [3.05, 3.63) is 53.6 Å². The van der Waals surface area contributed by atoms with Crippen molar-refractivity contribution >= 4 is 12.0 Å². The van der Waals surface area contributed by atoms with E-state index >= 15 is 0 Å². The number of methoxy groups -OCH3 is 3. The summed E-state index contributed by atoms with van der Waals surface area (Å²) < 4.78 is 43.2. The Labute approximate surface area is 258 Å². The van der Waals surface area contributed by atoms with Crippen LogP contribution in [0.5, 0.6) is 23.0 Å². The molecule has 4 rings (SSSR count). The third kappa shape index (κ3) is 8.02. The van der Waals surface area contributed by atoms with E-state index in [0.717, 1.165) is 0 Å². The molecule has 8 atom stereocenters. The first kappa shape index (κ1) is 34.4. The number of aliphatic hydroxyl groups is 6. The van der Waals surface area contributed by atoms with Gasteiger partial charge >= 0.3 is 5.97 Å². The maximum absolute atomic E-state index is 12.3. The topological polar surface area (TPSA) is 212 Å². The maximum atomic E-state index is 12.3. The van der Waals surface area contributed by atoms with Crippen LogP contribution in [0.2, 0.25) is 0 Å². The molecule has 2 heterocycles. The number of carbonyl (C=O) groups excluding carboxylic acids is 1. The summed E-state index contributed by atoms with van der Waals surface area (Å²) in [5, 5.41) is 60.9. The smallest absolute Gasteiger partial charge is 0.331 e. The second kappa shape index (κ2) is 15.2. The average Bonchev–Trinajstić information content (AvgIpc) is 3.35. The maximum Gasteiger partial charge on any atom is 0.331 e. The summed E-state index contributed by atoms with van der Waals surface area (Å²) in [6.45, 7) is -1.69. The molecule has 2 aliphatic heterocycles. The highest BCUT2D eigenvalue weighted by Gasteiger charge is 2.50. The van der Waals surface area contributed by atoms with Crippen LogP contribution in [0.1, 0.15) is 11.1 Å². The van der Waals surface area contributed by atoms with E-state index in [2.05, 4.69) is 0 Å². The van der Waals surface area contributed by atoms with Gasteiger partial charge in [0.1, 0.15) is 42.7 Å². The normalized spacial score (nSPS) is 29.8. The Bertz CT molecular complexity index is 1320. The van der Waals surface area contributed by atoms with Gasteiger partial charge in [-0.05, 0) is 41.5 Å². The van der Waals surface area contributed by atoms with Crippen LogP contribution < -0.4 is 18.9 Å². The highest BCUT2D eigenvalue weighted by atomic mass is 16.7. The summed E-state index contributed by atoms with van der Waals surface area (Å²) in [7, 11) is 4.41. The summed E-state index contributed by atoms with van der Waals surface area (Å²) >= 11 is 0. The van der Waals surface area contributed by atoms with Crippen molar-refractivity contribution in [2.75, 3.05) is 41.2 Å². The van der Waals surface area contributed by atoms with Crippen LogP contribution in [-0.4, -0.2) is 126 Å². The van der Waals surface area contributed by atoms with Gasteiger partial charge in [0.2, 0.25) is 6.29 Å². The van der Waals surface area contributed by atoms with E-state index in [1.165, 1.54) is 33.5 Å². The van der Waals surface area contributed by atoms with Crippen molar-refractivity contribution in [3.63, 3.8) is 0 Å². The van der Waals surface area contributed by atoms with Gasteiger partial charge in [0, 0.05) is 6.08 Å². The zero-order valence-electron chi connectivity index (χ0n) is 24.8. The van der Waals surface area contributed by atoms with E-state index in [1.807, 2.05) is 0 Å². The molecule has 0 unspecified atom stereocenters. The fourth-order valence-corrected chi connectivity index (χ4v) is 4.62. The summed E-state index contributed by atoms with van der Waals surface area (Å²) in [4.78, 5) is 12.3. The Morgan fingerprint density at radius 3 is 2.27 bits per heavy atom. The lowest BCUT2D eigenvalue weighted by Gasteiger charge is -2.40.